The molecule has 2 saturated carbocycles. The third kappa shape index (κ3) is 1.21. The van der Waals surface area contributed by atoms with E-state index in [1.165, 1.54) is 7.11 Å². The maximum absolute atomic E-state index is 11.7. The van der Waals surface area contributed by atoms with Gasteiger partial charge in [0.2, 0.25) is 0 Å². The van der Waals surface area contributed by atoms with Crippen LogP contribution in [0.3, 0.4) is 0 Å². The number of carbonyl (C=O) groups excluding carboxylic acids is 1. The lowest BCUT2D eigenvalue weighted by atomic mass is 9.87. The van der Waals surface area contributed by atoms with Gasteiger partial charge >= 0.3 is 5.97 Å². The van der Waals surface area contributed by atoms with Gasteiger partial charge < -0.3 is 4.74 Å². The Bertz CT molecular complexity index is 347. The molecule has 0 unspecified atom stereocenters. The summed E-state index contributed by atoms with van der Waals surface area (Å²) in [7, 11) is 1.40. The number of alkyl halides is 1. The summed E-state index contributed by atoms with van der Waals surface area (Å²) >= 11 is 1.03. The minimum atomic E-state index is -1.30. The van der Waals surface area contributed by atoms with Crippen molar-refractivity contribution < 1.29 is 17.9 Å². The van der Waals surface area contributed by atoms with E-state index >= 15 is 0 Å². The van der Waals surface area contributed by atoms with E-state index in [1.807, 2.05) is 0 Å². The van der Waals surface area contributed by atoms with E-state index in [0.717, 1.165) is 6.42 Å². The number of halogens is 1. The van der Waals surface area contributed by atoms with Crippen molar-refractivity contribution in [2.24, 2.45) is 17.8 Å². The molecule has 3 fully saturated rings. The van der Waals surface area contributed by atoms with Gasteiger partial charge in [-0.2, -0.15) is 0 Å². The standard InChI is InChI=1S/C9H11IO4S/c1-13-9(11)5-3-2-4-7(6(3)10)14-15(12)8(4)5/h3-8H,2H2,1H3/t3-,4-,5+,6-,7-,8+,15-/m0/s1. The fraction of sp³-hybridized carbons (Fsp3) is 0.889. The number of carbonyl (C=O) groups is 1. The quantitative estimate of drug-likeness (QED) is 0.399. The Hall–Kier alpha value is 0.310. The van der Waals surface area contributed by atoms with Crippen LogP contribution in [0.25, 0.3) is 0 Å². The maximum Gasteiger partial charge on any atom is 0.310 e. The van der Waals surface area contributed by atoms with E-state index in [2.05, 4.69) is 22.6 Å². The van der Waals surface area contributed by atoms with Gasteiger partial charge in [-0.1, -0.05) is 22.6 Å². The van der Waals surface area contributed by atoms with Crippen LogP contribution in [0.5, 0.6) is 0 Å². The highest BCUT2D eigenvalue weighted by molar-refractivity contribution is 14.1. The molecule has 15 heavy (non-hydrogen) atoms. The molecule has 0 aromatic rings. The summed E-state index contributed by atoms with van der Waals surface area (Å²) in [6.45, 7) is 0. The second kappa shape index (κ2) is 3.40. The zero-order chi connectivity index (χ0) is 10.7. The molecule has 84 valence electrons. The second-order valence-corrected chi connectivity index (χ2v) is 7.04. The van der Waals surface area contributed by atoms with Gasteiger partial charge in [-0.05, 0) is 12.3 Å². The monoisotopic (exact) mass is 342 g/mol. The van der Waals surface area contributed by atoms with Crippen LogP contribution >= 0.6 is 22.6 Å². The summed E-state index contributed by atoms with van der Waals surface area (Å²) in [6.07, 6.45) is 1.07. The molecule has 0 aromatic carbocycles. The minimum Gasteiger partial charge on any atom is -0.469 e. The Morgan fingerprint density at radius 2 is 2.27 bits per heavy atom. The van der Waals surface area contributed by atoms with E-state index in [9.17, 15) is 9.00 Å². The number of hydrogen-bond donors (Lipinski definition) is 0. The molecule has 6 heteroatoms. The van der Waals surface area contributed by atoms with E-state index in [-0.39, 0.29) is 23.2 Å². The highest BCUT2D eigenvalue weighted by atomic mass is 127. The van der Waals surface area contributed by atoms with Crippen LogP contribution in [0.15, 0.2) is 0 Å². The van der Waals surface area contributed by atoms with Crippen LogP contribution in [0.2, 0.25) is 0 Å². The van der Waals surface area contributed by atoms with E-state index < -0.39 is 11.1 Å². The summed E-state index contributed by atoms with van der Waals surface area (Å²) in [5, 5.41) is -0.113. The Balaban J connectivity index is 1.98. The summed E-state index contributed by atoms with van der Waals surface area (Å²) in [4.78, 5) is 11.7. The zero-order valence-electron chi connectivity index (χ0n) is 8.09. The molecule has 0 spiro atoms. The first-order valence-electron chi connectivity index (χ1n) is 4.94. The van der Waals surface area contributed by atoms with Crippen molar-refractivity contribution in [3.05, 3.63) is 0 Å². The highest BCUT2D eigenvalue weighted by Crippen LogP contribution is 2.58. The second-order valence-electron chi connectivity index (χ2n) is 4.34. The molecule has 0 radical (unpaired) electrons. The number of hydrogen-bond acceptors (Lipinski definition) is 4. The molecule has 2 aliphatic carbocycles. The van der Waals surface area contributed by atoms with E-state index in [4.69, 9.17) is 8.92 Å². The lowest BCUT2D eigenvalue weighted by molar-refractivity contribution is -0.146. The summed E-state index contributed by atoms with van der Waals surface area (Å²) in [5.74, 6) is 0.180. The summed E-state index contributed by atoms with van der Waals surface area (Å²) in [6, 6.07) is 0. The molecule has 0 N–H and O–H groups in total. The predicted octanol–water partition coefficient (Wildman–Crippen LogP) is 0.660. The molecule has 3 rings (SSSR count). The van der Waals surface area contributed by atoms with Crippen molar-refractivity contribution in [3.63, 3.8) is 0 Å². The third-order valence-corrected chi connectivity index (χ3v) is 6.96. The molecule has 1 heterocycles. The minimum absolute atomic E-state index is 0.0994. The molecule has 0 amide bonds. The maximum atomic E-state index is 11.7. The number of rotatable bonds is 1. The van der Waals surface area contributed by atoms with E-state index in [1.54, 1.807) is 0 Å². The lowest BCUT2D eigenvalue weighted by Crippen LogP contribution is -2.40. The van der Waals surface area contributed by atoms with Crippen molar-refractivity contribution in [2.45, 2.75) is 21.7 Å². The largest absolute Gasteiger partial charge is 0.469 e. The number of ether oxygens (including phenoxy) is 1. The normalized spacial score (nSPS) is 56.0. The predicted molar refractivity (Wildman–Crippen MR) is 61.7 cm³/mol. The number of fused-ring (bicyclic) bond motifs is 1. The van der Waals surface area contributed by atoms with Crippen LogP contribution in [-0.2, 0) is 24.8 Å². The topological polar surface area (TPSA) is 52.6 Å². The average Bonchev–Trinajstić information content (AvgIpc) is 2.80. The van der Waals surface area contributed by atoms with Gasteiger partial charge in [-0.3, -0.25) is 8.98 Å². The fourth-order valence-electron chi connectivity index (χ4n) is 3.24. The third-order valence-electron chi connectivity index (χ3n) is 3.83. The molecule has 3 aliphatic rings. The first-order chi connectivity index (χ1) is 7.15. The van der Waals surface area contributed by atoms with Gasteiger partial charge in [0.25, 0.3) is 0 Å². The highest BCUT2D eigenvalue weighted by Gasteiger charge is 2.67. The van der Waals surface area contributed by atoms with Crippen molar-refractivity contribution in [1.82, 2.24) is 0 Å². The Morgan fingerprint density at radius 1 is 1.53 bits per heavy atom. The van der Waals surface area contributed by atoms with Gasteiger partial charge in [0.15, 0.2) is 11.1 Å². The molecular formula is C9H11IO4S. The van der Waals surface area contributed by atoms with Crippen molar-refractivity contribution in [3.8, 4) is 0 Å². The van der Waals surface area contributed by atoms with Crippen LogP contribution in [0.4, 0.5) is 0 Å². The lowest BCUT2D eigenvalue weighted by Gasteiger charge is -2.26. The molecule has 7 atom stereocenters. The Morgan fingerprint density at radius 3 is 2.93 bits per heavy atom. The molecule has 1 saturated heterocycles. The van der Waals surface area contributed by atoms with Gasteiger partial charge in [-0.25, -0.2) is 4.21 Å². The van der Waals surface area contributed by atoms with Gasteiger partial charge in [0.05, 0.1) is 24.4 Å². The van der Waals surface area contributed by atoms with Gasteiger partial charge in [0.1, 0.15) is 0 Å². The fourth-order valence-corrected chi connectivity index (χ4v) is 6.57. The van der Waals surface area contributed by atoms with Gasteiger partial charge in [-0.15, -0.1) is 0 Å². The van der Waals surface area contributed by atoms with Crippen molar-refractivity contribution in [2.75, 3.05) is 7.11 Å². The number of esters is 1. The van der Waals surface area contributed by atoms with Crippen molar-refractivity contribution in [1.29, 1.82) is 0 Å². The summed E-state index contributed by atoms with van der Waals surface area (Å²) in [5.41, 5.74) is 0. The Kier molecular flexibility index (Phi) is 2.37. The van der Waals surface area contributed by atoms with Crippen molar-refractivity contribution >= 4 is 39.6 Å². The van der Waals surface area contributed by atoms with Crippen LogP contribution < -0.4 is 0 Å². The van der Waals surface area contributed by atoms with E-state index in [0.29, 0.717) is 15.8 Å². The first kappa shape index (κ1) is 10.5. The Labute approximate surface area is 104 Å². The molecule has 4 nitrogen and oxygen atoms in total. The molecule has 2 bridgehead atoms. The van der Waals surface area contributed by atoms with Crippen LogP contribution in [0, 0.1) is 17.8 Å². The van der Waals surface area contributed by atoms with Crippen LogP contribution in [-0.4, -0.2) is 32.6 Å². The SMILES string of the molecule is COC(=O)[C@@H]1[C@@H]2C[C@H]3[C@H](O[S@](=O)[C@H]31)[C@H]2I. The first-order valence-corrected chi connectivity index (χ1v) is 7.33. The zero-order valence-corrected chi connectivity index (χ0v) is 11.1. The summed E-state index contributed by atoms with van der Waals surface area (Å²) < 4.78 is 22.3. The van der Waals surface area contributed by atoms with Crippen LogP contribution in [0.1, 0.15) is 6.42 Å². The number of methoxy groups -OCH3 is 1. The molecule has 0 aromatic heterocycles. The average molecular weight is 342 g/mol. The molecule has 1 aliphatic heterocycles. The van der Waals surface area contributed by atoms with Gasteiger partial charge in [0, 0.05) is 9.84 Å². The molecular weight excluding hydrogens is 331 g/mol. The smallest absolute Gasteiger partial charge is 0.310 e.